The Kier molecular flexibility index (Phi) is 8.16. The molecule has 5 rings (SSSR count). The molecule has 1 aliphatic rings. The highest BCUT2D eigenvalue weighted by Gasteiger charge is 2.46. The first-order valence-electron chi connectivity index (χ1n) is 11.9. The molecule has 0 amide bonds. The third kappa shape index (κ3) is 6.54. The number of benzene rings is 4. The molecule has 0 radical (unpaired) electrons. The summed E-state index contributed by atoms with van der Waals surface area (Å²) < 4.78 is 26.1. The molecule has 0 aromatic heterocycles. The van der Waals surface area contributed by atoms with Gasteiger partial charge in [-0.2, -0.15) is 0 Å². The molecule has 6 heteroatoms. The first kappa shape index (κ1) is 23.7. The van der Waals surface area contributed by atoms with Crippen molar-refractivity contribution in [1.82, 2.24) is 0 Å². The van der Waals surface area contributed by atoms with Crippen LogP contribution < -0.4 is 18.1 Å². The van der Waals surface area contributed by atoms with Crippen molar-refractivity contribution in [2.24, 2.45) is 0 Å². The summed E-state index contributed by atoms with van der Waals surface area (Å²) in [7, 11) is -2.56. The lowest BCUT2D eigenvalue weighted by Gasteiger charge is -2.31. The molecule has 0 spiro atoms. The highest BCUT2D eigenvalue weighted by molar-refractivity contribution is 7.53. The van der Waals surface area contributed by atoms with Crippen LogP contribution in [0.15, 0.2) is 121 Å². The van der Waals surface area contributed by atoms with Gasteiger partial charge < -0.3 is 18.1 Å². The van der Waals surface area contributed by atoms with Crippen molar-refractivity contribution in [3.63, 3.8) is 0 Å². The Balaban J connectivity index is 1.43. The molecule has 0 aliphatic heterocycles. The molecule has 1 saturated carbocycles. The fourth-order valence-electron chi connectivity index (χ4n) is 4.06. The standard InChI is InChI=1S/C29H28O4P2/c1-5-14-24(15-6-1)30-34(31-25-16-7-2-8-17-25)28-22-13-23-29(28)35(32-26-18-9-3-10-19-26)33-27-20-11-4-12-21-27/h1-12,14-21,28-29H,13,22-23H2. The first-order valence-corrected chi connectivity index (χ1v) is 14.3. The second-order valence-electron chi connectivity index (χ2n) is 8.25. The van der Waals surface area contributed by atoms with Gasteiger partial charge in [0.05, 0.1) is 11.3 Å². The second-order valence-corrected chi connectivity index (χ2v) is 11.5. The third-order valence-electron chi connectivity index (χ3n) is 5.74. The van der Waals surface area contributed by atoms with Gasteiger partial charge in [-0.05, 0) is 61.4 Å². The van der Waals surface area contributed by atoms with Crippen LogP contribution in [0.25, 0.3) is 0 Å². The summed E-state index contributed by atoms with van der Waals surface area (Å²) >= 11 is 0. The largest absolute Gasteiger partial charge is 0.438 e. The lowest BCUT2D eigenvalue weighted by molar-refractivity contribution is 0.453. The third-order valence-corrected chi connectivity index (χ3v) is 9.86. The summed E-state index contributed by atoms with van der Waals surface area (Å²) in [6, 6.07) is 39.7. The molecule has 0 bridgehead atoms. The molecule has 2 atom stereocenters. The maximum absolute atomic E-state index is 6.53. The highest BCUT2D eigenvalue weighted by atomic mass is 31.2. The van der Waals surface area contributed by atoms with E-state index < -0.39 is 16.8 Å². The normalized spacial score (nSPS) is 17.3. The van der Waals surface area contributed by atoms with Crippen LogP contribution in [0.5, 0.6) is 23.0 Å². The topological polar surface area (TPSA) is 36.9 Å². The number of rotatable bonds is 10. The quantitative estimate of drug-likeness (QED) is 0.203. The summed E-state index contributed by atoms with van der Waals surface area (Å²) in [6.07, 6.45) is 3.09. The second kappa shape index (κ2) is 12.1. The van der Waals surface area contributed by atoms with Gasteiger partial charge in [-0.3, -0.25) is 0 Å². The minimum Gasteiger partial charge on any atom is -0.438 e. The van der Waals surface area contributed by atoms with Gasteiger partial charge in [0, 0.05) is 0 Å². The molecule has 178 valence electrons. The molecular weight excluding hydrogens is 474 g/mol. The van der Waals surface area contributed by atoms with Crippen molar-refractivity contribution in [2.75, 3.05) is 0 Å². The Morgan fingerprint density at radius 3 is 0.914 bits per heavy atom. The zero-order chi connectivity index (χ0) is 23.7. The van der Waals surface area contributed by atoms with Crippen LogP contribution >= 0.6 is 16.8 Å². The molecule has 4 aromatic rings. The van der Waals surface area contributed by atoms with Crippen LogP contribution in [0.1, 0.15) is 19.3 Å². The molecular formula is C29H28O4P2. The Morgan fingerprint density at radius 2 is 0.657 bits per heavy atom. The summed E-state index contributed by atoms with van der Waals surface area (Å²) in [5.74, 6) is 3.27. The Morgan fingerprint density at radius 1 is 0.400 bits per heavy atom. The minimum absolute atomic E-state index is 0.170. The molecule has 35 heavy (non-hydrogen) atoms. The van der Waals surface area contributed by atoms with Crippen LogP contribution in [-0.2, 0) is 0 Å². The zero-order valence-electron chi connectivity index (χ0n) is 19.4. The van der Waals surface area contributed by atoms with E-state index in [4.69, 9.17) is 18.1 Å². The van der Waals surface area contributed by atoms with Gasteiger partial charge in [0.2, 0.25) is 0 Å². The van der Waals surface area contributed by atoms with E-state index in [0.29, 0.717) is 0 Å². The van der Waals surface area contributed by atoms with Gasteiger partial charge in [-0.1, -0.05) is 79.2 Å². The van der Waals surface area contributed by atoms with Crippen LogP contribution in [0, 0.1) is 0 Å². The van der Waals surface area contributed by atoms with E-state index in [1.165, 1.54) is 0 Å². The van der Waals surface area contributed by atoms with Gasteiger partial charge in [-0.15, -0.1) is 0 Å². The van der Waals surface area contributed by atoms with Gasteiger partial charge in [0.25, 0.3) is 16.8 Å². The van der Waals surface area contributed by atoms with E-state index in [1.807, 2.05) is 121 Å². The lowest BCUT2D eigenvalue weighted by atomic mass is 10.3. The maximum Gasteiger partial charge on any atom is 0.294 e. The van der Waals surface area contributed by atoms with Crippen LogP contribution in [0.2, 0.25) is 0 Å². The summed E-state index contributed by atoms with van der Waals surface area (Å²) in [5, 5.41) is 0. The predicted octanol–water partition coefficient (Wildman–Crippen LogP) is 8.85. The van der Waals surface area contributed by atoms with Crippen molar-refractivity contribution >= 4 is 16.8 Å². The van der Waals surface area contributed by atoms with E-state index in [1.54, 1.807) is 0 Å². The Labute approximate surface area is 209 Å². The number of hydrogen-bond donors (Lipinski definition) is 0. The molecule has 0 N–H and O–H groups in total. The molecule has 0 saturated heterocycles. The lowest BCUT2D eigenvalue weighted by Crippen LogP contribution is -2.24. The highest BCUT2D eigenvalue weighted by Crippen LogP contribution is 2.60. The summed E-state index contributed by atoms with van der Waals surface area (Å²) in [5.41, 5.74) is 0.341. The summed E-state index contributed by atoms with van der Waals surface area (Å²) in [6.45, 7) is 0. The van der Waals surface area contributed by atoms with Gasteiger partial charge in [0.15, 0.2) is 0 Å². The van der Waals surface area contributed by atoms with Gasteiger partial charge in [-0.25, -0.2) is 0 Å². The van der Waals surface area contributed by atoms with E-state index in [9.17, 15) is 0 Å². The number of para-hydroxylation sites is 4. The van der Waals surface area contributed by atoms with E-state index in [0.717, 1.165) is 42.3 Å². The summed E-state index contributed by atoms with van der Waals surface area (Å²) in [4.78, 5) is 0. The van der Waals surface area contributed by atoms with E-state index in [-0.39, 0.29) is 11.3 Å². The van der Waals surface area contributed by atoms with Crippen LogP contribution in [-0.4, -0.2) is 11.3 Å². The predicted molar refractivity (Wildman–Crippen MR) is 144 cm³/mol. The van der Waals surface area contributed by atoms with Crippen molar-refractivity contribution in [2.45, 2.75) is 30.6 Å². The van der Waals surface area contributed by atoms with Crippen molar-refractivity contribution in [3.8, 4) is 23.0 Å². The number of hydrogen-bond acceptors (Lipinski definition) is 4. The van der Waals surface area contributed by atoms with Crippen LogP contribution in [0.3, 0.4) is 0 Å². The monoisotopic (exact) mass is 502 g/mol. The van der Waals surface area contributed by atoms with E-state index in [2.05, 4.69) is 0 Å². The van der Waals surface area contributed by atoms with Crippen molar-refractivity contribution < 1.29 is 18.1 Å². The van der Waals surface area contributed by atoms with Gasteiger partial charge in [0.1, 0.15) is 23.0 Å². The Hall–Kier alpha value is -3.06. The van der Waals surface area contributed by atoms with Gasteiger partial charge >= 0.3 is 0 Å². The fraction of sp³-hybridized carbons (Fsp3) is 0.172. The van der Waals surface area contributed by atoms with Crippen molar-refractivity contribution in [1.29, 1.82) is 0 Å². The van der Waals surface area contributed by atoms with Crippen LogP contribution in [0.4, 0.5) is 0 Å². The molecule has 1 fully saturated rings. The molecule has 4 nitrogen and oxygen atoms in total. The molecule has 4 aromatic carbocycles. The molecule has 0 heterocycles. The first-order chi connectivity index (χ1) is 17.3. The molecule has 2 unspecified atom stereocenters. The van der Waals surface area contributed by atoms with E-state index >= 15 is 0 Å². The maximum atomic E-state index is 6.53. The average molecular weight is 502 g/mol. The zero-order valence-corrected chi connectivity index (χ0v) is 21.1. The smallest absolute Gasteiger partial charge is 0.294 e. The SMILES string of the molecule is c1ccc(OP(Oc2ccccc2)C2CCCC2P(Oc2ccccc2)Oc2ccccc2)cc1. The minimum atomic E-state index is -1.28. The average Bonchev–Trinajstić information content (AvgIpc) is 3.40. The van der Waals surface area contributed by atoms with Crippen molar-refractivity contribution in [3.05, 3.63) is 121 Å². The fourth-order valence-corrected chi connectivity index (χ4v) is 8.30. The Bertz CT molecular complexity index is 970. The molecule has 1 aliphatic carbocycles.